The normalized spacial score (nSPS) is 12.8. The molecule has 0 rings (SSSR count). The maximum atomic E-state index is 8.01. The largest absolute Gasteiger partial charge is 0.374 e. The summed E-state index contributed by atoms with van der Waals surface area (Å²) >= 11 is 0. The van der Waals surface area contributed by atoms with Crippen LogP contribution in [0.4, 0.5) is 0 Å². The van der Waals surface area contributed by atoms with Gasteiger partial charge in [0.25, 0.3) is 0 Å². The first-order chi connectivity index (χ1) is 6.16. The molecule has 1 unspecified atom stereocenters. The minimum absolute atomic E-state index is 0.00880. The zero-order valence-corrected chi connectivity index (χ0v) is 8.28. The van der Waals surface area contributed by atoms with Crippen LogP contribution in [-0.2, 0) is 14.4 Å². The number of hydrogen-bond donors (Lipinski definition) is 1. The highest BCUT2D eigenvalue weighted by Gasteiger charge is 2.01. The molecule has 0 amide bonds. The second kappa shape index (κ2) is 8.19. The van der Waals surface area contributed by atoms with Gasteiger partial charge in [-0.2, -0.15) is 0 Å². The monoisotopic (exact) mass is 190 g/mol. The number of rotatable bonds is 8. The van der Waals surface area contributed by atoms with Gasteiger partial charge < -0.3 is 9.47 Å². The van der Waals surface area contributed by atoms with Crippen LogP contribution in [0.15, 0.2) is 12.2 Å². The predicted octanol–water partition coefficient (Wildman–Crippen LogP) is 1.47. The molecule has 0 fully saturated rings. The van der Waals surface area contributed by atoms with Crippen LogP contribution >= 0.6 is 0 Å². The SMILES string of the molecule is C=C(C)COCC(C)OCCOO. The number of ether oxygens (including phenoxy) is 2. The first-order valence-electron chi connectivity index (χ1n) is 4.27. The molecule has 4 heteroatoms. The molecule has 1 atom stereocenters. The molecule has 0 aromatic heterocycles. The Bertz CT molecular complexity index is 136. The Morgan fingerprint density at radius 3 is 2.69 bits per heavy atom. The lowest BCUT2D eigenvalue weighted by Crippen LogP contribution is -2.18. The van der Waals surface area contributed by atoms with Crippen molar-refractivity contribution in [2.75, 3.05) is 26.4 Å². The van der Waals surface area contributed by atoms with Gasteiger partial charge in [0, 0.05) is 0 Å². The van der Waals surface area contributed by atoms with Crippen LogP contribution in [0.2, 0.25) is 0 Å². The van der Waals surface area contributed by atoms with Gasteiger partial charge in [0.1, 0.15) is 6.61 Å². The minimum Gasteiger partial charge on any atom is -0.374 e. The van der Waals surface area contributed by atoms with E-state index in [1.807, 2.05) is 13.8 Å². The molecule has 0 aromatic rings. The van der Waals surface area contributed by atoms with Crippen LogP contribution in [0.25, 0.3) is 0 Å². The van der Waals surface area contributed by atoms with Gasteiger partial charge in [-0.3, -0.25) is 5.26 Å². The van der Waals surface area contributed by atoms with E-state index in [0.29, 0.717) is 19.8 Å². The smallest absolute Gasteiger partial charge is 0.105 e. The lowest BCUT2D eigenvalue weighted by Gasteiger charge is -2.12. The van der Waals surface area contributed by atoms with Gasteiger partial charge in [-0.15, -0.1) is 0 Å². The third-order valence-corrected chi connectivity index (χ3v) is 1.28. The molecule has 1 N–H and O–H groups in total. The second-order valence-electron chi connectivity index (χ2n) is 2.99. The Morgan fingerprint density at radius 2 is 2.15 bits per heavy atom. The van der Waals surface area contributed by atoms with Gasteiger partial charge in [-0.1, -0.05) is 12.2 Å². The maximum Gasteiger partial charge on any atom is 0.105 e. The van der Waals surface area contributed by atoms with Gasteiger partial charge in [0.15, 0.2) is 0 Å². The summed E-state index contributed by atoms with van der Waals surface area (Å²) in [6, 6.07) is 0. The predicted molar refractivity (Wildman–Crippen MR) is 49.6 cm³/mol. The first-order valence-corrected chi connectivity index (χ1v) is 4.27. The average Bonchev–Trinajstić information content (AvgIpc) is 2.04. The molecule has 0 aliphatic rings. The zero-order valence-electron chi connectivity index (χ0n) is 8.28. The summed E-state index contributed by atoms with van der Waals surface area (Å²) in [4.78, 5) is 3.85. The van der Waals surface area contributed by atoms with Crippen molar-refractivity contribution in [1.82, 2.24) is 0 Å². The summed E-state index contributed by atoms with van der Waals surface area (Å²) in [5.74, 6) is 0. The summed E-state index contributed by atoms with van der Waals surface area (Å²) in [5, 5.41) is 8.01. The molecule has 0 aliphatic heterocycles. The maximum absolute atomic E-state index is 8.01. The molecular weight excluding hydrogens is 172 g/mol. The summed E-state index contributed by atoms with van der Waals surface area (Å²) in [5.41, 5.74) is 0.992. The van der Waals surface area contributed by atoms with Crippen molar-refractivity contribution in [1.29, 1.82) is 0 Å². The van der Waals surface area contributed by atoms with Crippen molar-refractivity contribution in [2.45, 2.75) is 20.0 Å². The molecule has 0 saturated carbocycles. The van der Waals surface area contributed by atoms with Crippen molar-refractivity contribution in [3.63, 3.8) is 0 Å². The summed E-state index contributed by atoms with van der Waals surface area (Å²) in [7, 11) is 0. The third-order valence-electron chi connectivity index (χ3n) is 1.28. The van der Waals surface area contributed by atoms with E-state index < -0.39 is 0 Å². The van der Waals surface area contributed by atoms with Crippen LogP contribution in [0, 0.1) is 0 Å². The van der Waals surface area contributed by atoms with Crippen LogP contribution in [0.5, 0.6) is 0 Å². The molecule has 13 heavy (non-hydrogen) atoms. The van der Waals surface area contributed by atoms with Crippen molar-refractivity contribution >= 4 is 0 Å². The van der Waals surface area contributed by atoms with E-state index in [9.17, 15) is 0 Å². The van der Waals surface area contributed by atoms with E-state index >= 15 is 0 Å². The van der Waals surface area contributed by atoms with E-state index in [4.69, 9.17) is 14.7 Å². The molecule has 0 bridgehead atoms. The van der Waals surface area contributed by atoms with Crippen LogP contribution < -0.4 is 0 Å². The van der Waals surface area contributed by atoms with Crippen molar-refractivity contribution < 1.29 is 19.6 Å². The fourth-order valence-electron chi connectivity index (χ4n) is 0.734. The van der Waals surface area contributed by atoms with E-state index in [1.54, 1.807) is 0 Å². The molecule has 0 aliphatic carbocycles. The highest BCUT2D eigenvalue weighted by Crippen LogP contribution is 1.94. The Labute approximate surface area is 79.0 Å². The second-order valence-corrected chi connectivity index (χ2v) is 2.99. The molecule has 78 valence electrons. The van der Waals surface area contributed by atoms with Crippen molar-refractivity contribution in [3.8, 4) is 0 Å². The standard InChI is InChI=1S/C9H18O4/c1-8(2)6-11-7-9(3)12-4-5-13-10/h9-10H,1,4-7H2,2-3H3. The fraction of sp³-hybridized carbons (Fsp3) is 0.778. The average molecular weight is 190 g/mol. The molecule has 0 heterocycles. The van der Waals surface area contributed by atoms with Gasteiger partial charge in [-0.05, 0) is 13.8 Å². The summed E-state index contributed by atoms with van der Waals surface area (Å²) in [6.07, 6.45) is 0.00880. The van der Waals surface area contributed by atoms with Crippen LogP contribution in [0.3, 0.4) is 0 Å². The van der Waals surface area contributed by atoms with Gasteiger partial charge >= 0.3 is 0 Å². The van der Waals surface area contributed by atoms with Crippen LogP contribution in [0.1, 0.15) is 13.8 Å². The van der Waals surface area contributed by atoms with Gasteiger partial charge in [-0.25, -0.2) is 4.89 Å². The molecule has 0 spiro atoms. The summed E-state index contributed by atoms with van der Waals surface area (Å²) in [6.45, 7) is 9.16. The van der Waals surface area contributed by atoms with E-state index in [1.165, 1.54) is 0 Å². The Hall–Kier alpha value is -0.420. The highest BCUT2D eigenvalue weighted by atomic mass is 17.1. The molecule has 0 radical (unpaired) electrons. The molecule has 0 saturated heterocycles. The van der Waals surface area contributed by atoms with E-state index in [2.05, 4.69) is 11.5 Å². The Morgan fingerprint density at radius 1 is 1.46 bits per heavy atom. The topological polar surface area (TPSA) is 47.9 Å². The quantitative estimate of drug-likeness (QED) is 0.272. The number of hydrogen-bond acceptors (Lipinski definition) is 4. The van der Waals surface area contributed by atoms with Crippen molar-refractivity contribution in [3.05, 3.63) is 12.2 Å². The molecule has 0 aromatic carbocycles. The fourth-order valence-corrected chi connectivity index (χ4v) is 0.734. The zero-order chi connectivity index (χ0) is 10.1. The third kappa shape index (κ3) is 9.49. The summed E-state index contributed by atoms with van der Waals surface area (Å²) < 4.78 is 10.5. The lowest BCUT2D eigenvalue weighted by molar-refractivity contribution is -0.251. The first kappa shape index (κ1) is 12.6. The van der Waals surface area contributed by atoms with Gasteiger partial charge in [0.05, 0.1) is 25.9 Å². The highest BCUT2D eigenvalue weighted by molar-refractivity contribution is 4.87. The molecular formula is C9H18O4. The van der Waals surface area contributed by atoms with Crippen molar-refractivity contribution in [2.24, 2.45) is 0 Å². The Balaban J connectivity index is 3.19. The minimum atomic E-state index is 0.00880. The van der Waals surface area contributed by atoms with E-state index in [0.717, 1.165) is 5.57 Å². The van der Waals surface area contributed by atoms with Crippen LogP contribution in [-0.4, -0.2) is 37.8 Å². The molecule has 4 nitrogen and oxygen atoms in total. The van der Waals surface area contributed by atoms with Gasteiger partial charge in [0.2, 0.25) is 0 Å². The Kier molecular flexibility index (Phi) is 7.93. The van der Waals surface area contributed by atoms with E-state index in [-0.39, 0.29) is 12.7 Å². The lowest BCUT2D eigenvalue weighted by atomic mass is 10.4.